The molecule has 0 saturated carbocycles. The molecule has 63 heavy (non-hydrogen) atoms. The van der Waals surface area contributed by atoms with Crippen LogP contribution in [0.5, 0.6) is 0 Å². The first-order valence-corrected chi connectivity index (χ1v) is 21.4. The van der Waals surface area contributed by atoms with E-state index in [0.717, 1.165) is 59.2 Å². The van der Waals surface area contributed by atoms with Crippen LogP contribution in [0, 0.1) is 29.6 Å². The molecule has 2 aliphatic heterocycles. The van der Waals surface area contributed by atoms with Crippen molar-refractivity contribution < 1.29 is 28.7 Å². The molecule has 2 aliphatic rings. The fraction of sp³-hybridized carbons (Fsp3) is 0.429. The van der Waals surface area contributed by atoms with Gasteiger partial charge in [-0.15, -0.1) is 0 Å². The number of aromatic nitrogens is 4. The van der Waals surface area contributed by atoms with Crippen molar-refractivity contribution in [2.24, 2.45) is 5.92 Å². The van der Waals surface area contributed by atoms with Crippen LogP contribution in [-0.4, -0.2) is 93.1 Å². The van der Waals surface area contributed by atoms with E-state index in [1.807, 2.05) is 39.8 Å². The fourth-order valence-electron chi connectivity index (χ4n) is 8.01. The maximum Gasteiger partial charge on any atom is 0.407 e. The molecule has 0 spiro atoms. The first-order chi connectivity index (χ1) is 30.1. The number of imidazole rings is 2. The zero-order chi connectivity index (χ0) is 45.4. The van der Waals surface area contributed by atoms with Gasteiger partial charge in [0.1, 0.15) is 29.4 Å². The number of ether oxygens (including phenoxy) is 2. The number of rotatable bonds is 10. The van der Waals surface area contributed by atoms with Gasteiger partial charge in [-0.1, -0.05) is 82.5 Å². The van der Waals surface area contributed by atoms with Crippen LogP contribution in [0.3, 0.4) is 0 Å². The van der Waals surface area contributed by atoms with Crippen molar-refractivity contribution in [3.63, 3.8) is 0 Å². The summed E-state index contributed by atoms with van der Waals surface area (Å²) in [6.45, 7) is 15.2. The summed E-state index contributed by atoms with van der Waals surface area (Å²) >= 11 is 0. The summed E-state index contributed by atoms with van der Waals surface area (Å²) in [5, 5.41) is 5.35. The molecule has 2 aromatic heterocycles. The predicted octanol–water partition coefficient (Wildman–Crippen LogP) is 7.57. The molecule has 0 radical (unpaired) electrons. The van der Waals surface area contributed by atoms with Gasteiger partial charge >= 0.3 is 12.2 Å². The van der Waals surface area contributed by atoms with Crippen molar-refractivity contribution >= 4 is 24.0 Å². The van der Waals surface area contributed by atoms with Crippen LogP contribution >= 0.6 is 0 Å². The van der Waals surface area contributed by atoms with E-state index in [1.54, 1.807) is 28.3 Å². The molecule has 0 bridgehead atoms. The monoisotopic (exact) mass is 854 g/mol. The van der Waals surface area contributed by atoms with Crippen molar-refractivity contribution in [1.82, 2.24) is 40.4 Å². The molecular formula is C49H58N8O6. The molecule has 6 rings (SSSR count). The highest BCUT2D eigenvalue weighted by Crippen LogP contribution is 2.36. The Bertz CT molecular complexity index is 2480. The minimum absolute atomic E-state index is 0.0768. The molecule has 4 N–H and O–H groups in total. The minimum atomic E-state index is -0.860. The highest BCUT2D eigenvalue weighted by atomic mass is 16.5. The Morgan fingerprint density at radius 1 is 0.810 bits per heavy atom. The van der Waals surface area contributed by atoms with E-state index in [4.69, 9.17) is 14.5 Å². The van der Waals surface area contributed by atoms with Crippen molar-refractivity contribution in [1.29, 1.82) is 0 Å². The summed E-state index contributed by atoms with van der Waals surface area (Å²) in [4.78, 5) is 71.2. The first-order valence-electron chi connectivity index (χ1n) is 21.4. The average molecular weight is 855 g/mol. The molecule has 4 aromatic rings. The van der Waals surface area contributed by atoms with E-state index in [1.165, 1.54) is 19.8 Å². The predicted molar refractivity (Wildman–Crippen MR) is 241 cm³/mol. The maximum absolute atomic E-state index is 13.8. The molecule has 2 aromatic carbocycles. The third-order valence-corrected chi connectivity index (χ3v) is 11.3. The number of alkyl carbamates (subject to hydrolysis) is 2. The standard InChI is InChI=1S/C49H58N8O6/c1-30(2)25-38(54-47(60)62-8)45(58)56-23-13-20-41(56)44-51-29-39(53-44)34-22-21-32(37(27-34)33-16-12-17-35(26-33)49(5,6)7)15-10-11-18-36-28-50-43(52-36)40-19-14-24-57(40)46(59)42(31(3)4)55-48(61)63-9/h12,16-17,21-22,25-29,31,38,40-42H,13-14,19-20,23-24H2,1-9H3,(H,50,52)(H,51,53)(H,54,60)(H,55,61)/t38-,40-,41-,42-/m0/s1. The second kappa shape index (κ2) is 19.9. The fourth-order valence-corrected chi connectivity index (χ4v) is 8.01. The van der Waals surface area contributed by atoms with Gasteiger partial charge in [0.25, 0.3) is 0 Å². The van der Waals surface area contributed by atoms with Gasteiger partial charge in [0, 0.05) is 24.2 Å². The van der Waals surface area contributed by atoms with Crippen LogP contribution in [-0.2, 0) is 24.5 Å². The number of nitrogens with zero attached hydrogens (tertiary/aromatic N) is 4. The van der Waals surface area contributed by atoms with Gasteiger partial charge < -0.3 is 39.9 Å². The number of hydrogen-bond donors (Lipinski definition) is 4. The second-order valence-corrected chi connectivity index (χ2v) is 17.5. The first kappa shape index (κ1) is 45.7. The van der Waals surface area contributed by atoms with Gasteiger partial charge in [-0.3, -0.25) is 9.59 Å². The van der Waals surface area contributed by atoms with E-state index >= 15 is 0 Å². The molecular weight excluding hydrogens is 797 g/mol. The number of H-pyrrole nitrogens is 2. The van der Waals surface area contributed by atoms with Crippen LogP contribution in [0.2, 0.25) is 0 Å². The van der Waals surface area contributed by atoms with Crippen LogP contribution < -0.4 is 10.6 Å². The number of allylic oxidation sites excluding steroid dienone is 1. The lowest BCUT2D eigenvalue weighted by atomic mass is 9.85. The van der Waals surface area contributed by atoms with E-state index in [0.29, 0.717) is 30.4 Å². The summed E-state index contributed by atoms with van der Waals surface area (Å²) in [5.41, 5.74) is 7.00. The number of nitrogens with one attached hydrogen (secondary N) is 4. The van der Waals surface area contributed by atoms with Crippen molar-refractivity contribution in [2.75, 3.05) is 27.3 Å². The lowest BCUT2D eigenvalue weighted by Gasteiger charge is -2.29. The summed E-state index contributed by atoms with van der Waals surface area (Å²) < 4.78 is 9.56. The molecule has 0 aliphatic carbocycles. The molecule has 330 valence electrons. The zero-order valence-electron chi connectivity index (χ0n) is 37.6. The molecule has 4 heterocycles. The number of amides is 4. The van der Waals surface area contributed by atoms with Crippen LogP contribution in [0.4, 0.5) is 9.59 Å². The largest absolute Gasteiger partial charge is 0.453 e. The lowest BCUT2D eigenvalue weighted by Crippen LogP contribution is -2.51. The SMILES string of the molecule is COC(=O)N[C@@H](C=C(C)C)C(=O)N1CCC[C@H]1c1ncc(-c2ccc(C#CC#Cc3cnc([C@@H]4CCCN4C(=O)[C@@H](NC(=O)OC)C(C)C)[nH]3)c(-c3cccc(C(C)(C)C)c3)c2)[nH]1. The third-order valence-electron chi connectivity index (χ3n) is 11.3. The van der Waals surface area contributed by atoms with Crippen LogP contribution in [0.15, 0.2) is 66.5 Å². The Morgan fingerprint density at radius 3 is 2.10 bits per heavy atom. The van der Waals surface area contributed by atoms with Crippen molar-refractivity contribution in [3.05, 3.63) is 95.0 Å². The summed E-state index contributed by atoms with van der Waals surface area (Å²) in [6, 6.07) is 12.4. The Hall–Kier alpha value is -6.80. The zero-order valence-corrected chi connectivity index (χ0v) is 37.6. The summed E-state index contributed by atoms with van der Waals surface area (Å²) in [7, 11) is 2.55. The Morgan fingerprint density at radius 2 is 1.44 bits per heavy atom. The van der Waals surface area contributed by atoms with Crippen molar-refractivity contribution in [3.8, 4) is 46.1 Å². The molecule has 0 unspecified atom stereocenters. The Labute approximate surface area is 370 Å². The van der Waals surface area contributed by atoms with Gasteiger partial charge in [-0.25, -0.2) is 19.6 Å². The number of benzene rings is 2. The van der Waals surface area contributed by atoms with E-state index in [9.17, 15) is 19.2 Å². The Kier molecular flexibility index (Phi) is 14.5. The highest BCUT2D eigenvalue weighted by Gasteiger charge is 2.38. The topological polar surface area (TPSA) is 175 Å². The lowest BCUT2D eigenvalue weighted by molar-refractivity contribution is -0.135. The van der Waals surface area contributed by atoms with Crippen LogP contribution in [0.25, 0.3) is 22.4 Å². The van der Waals surface area contributed by atoms with E-state index < -0.39 is 24.3 Å². The van der Waals surface area contributed by atoms with Gasteiger partial charge in [0.05, 0.1) is 44.4 Å². The highest BCUT2D eigenvalue weighted by molar-refractivity contribution is 5.88. The maximum atomic E-state index is 13.8. The molecule has 2 fully saturated rings. The minimum Gasteiger partial charge on any atom is -0.453 e. The number of methoxy groups -OCH3 is 2. The van der Waals surface area contributed by atoms with Gasteiger partial charge in [-0.05, 0) is 97.4 Å². The molecule has 2 saturated heterocycles. The Balaban J connectivity index is 1.26. The van der Waals surface area contributed by atoms with Gasteiger partial charge in [-0.2, -0.15) is 0 Å². The molecule has 4 atom stereocenters. The number of aromatic amines is 2. The molecule has 14 nitrogen and oxygen atoms in total. The number of likely N-dealkylation sites (tertiary alicyclic amines) is 2. The average Bonchev–Trinajstić information content (AvgIpc) is 4.10. The van der Waals surface area contributed by atoms with Gasteiger partial charge in [0.2, 0.25) is 11.8 Å². The van der Waals surface area contributed by atoms with E-state index in [2.05, 4.69) is 100 Å². The van der Waals surface area contributed by atoms with Gasteiger partial charge in [0.15, 0.2) is 0 Å². The molecule has 4 amide bonds. The quantitative estimate of drug-likeness (QED) is 0.0934. The summed E-state index contributed by atoms with van der Waals surface area (Å²) in [5.74, 6) is 13.2. The second-order valence-electron chi connectivity index (χ2n) is 17.5. The number of hydrogen-bond acceptors (Lipinski definition) is 8. The van der Waals surface area contributed by atoms with E-state index in [-0.39, 0.29) is 35.2 Å². The van der Waals surface area contributed by atoms with Crippen molar-refractivity contribution in [2.45, 2.75) is 104 Å². The summed E-state index contributed by atoms with van der Waals surface area (Å²) in [6.07, 6.45) is 6.92. The number of carbonyl (C=O) groups excluding carboxylic acids is 4. The number of carbonyl (C=O) groups is 4. The third kappa shape index (κ3) is 11.0. The molecule has 14 heteroatoms. The smallest absolute Gasteiger partial charge is 0.407 e. The van der Waals surface area contributed by atoms with Crippen LogP contribution in [0.1, 0.15) is 115 Å². The normalized spacial score (nSPS) is 16.9.